The highest BCUT2D eigenvalue weighted by Crippen LogP contribution is 2.07. The molecule has 6 nitrogen and oxygen atoms in total. The SMILES string of the molecule is C=CCn1c(=O)c2ccccc2n(CC(=O)OCC)c1=O. The summed E-state index contributed by atoms with van der Waals surface area (Å²) in [5.74, 6) is -0.520. The molecule has 0 fully saturated rings. The summed E-state index contributed by atoms with van der Waals surface area (Å²) in [7, 11) is 0. The van der Waals surface area contributed by atoms with Gasteiger partial charge in [0.05, 0.1) is 17.5 Å². The molecule has 1 aromatic carbocycles. The summed E-state index contributed by atoms with van der Waals surface area (Å²) in [6.45, 7) is 5.32. The van der Waals surface area contributed by atoms with Crippen LogP contribution >= 0.6 is 0 Å². The minimum atomic E-state index is -0.549. The van der Waals surface area contributed by atoms with E-state index in [9.17, 15) is 14.4 Å². The van der Waals surface area contributed by atoms with Crippen molar-refractivity contribution < 1.29 is 9.53 Å². The minimum Gasteiger partial charge on any atom is -0.465 e. The first kappa shape index (κ1) is 14.8. The molecule has 0 aliphatic carbocycles. The Labute approximate surface area is 120 Å². The number of esters is 1. The van der Waals surface area contributed by atoms with Crippen LogP contribution in [0.2, 0.25) is 0 Å². The number of carbonyl (C=O) groups excluding carboxylic acids is 1. The molecule has 0 saturated heterocycles. The quantitative estimate of drug-likeness (QED) is 0.606. The number of allylic oxidation sites excluding steroid dienone is 1. The van der Waals surface area contributed by atoms with Gasteiger partial charge in [-0.1, -0.05) is 18.2 Å². The average Bonchev–Trinajstić information content (AvgIpc) is 2.48. The molecule has 0 saturated carbocycles. The van der Waals surface area contributed by atoms with E-state index in [0.29, 0.717) is 10.9 Å². The summed E-state index contributed by atoms with van der Waals surface area (Å²) in [6.07, 6.45) is 1.46. The third-order valence-electron chi connectivity index (χ3n) is 3.04. The maximum atomic E-state index is 12.4. The molecular formula is C15H16N2O4. The third kappa shape index (κ3) is 2.79. The standard InChI is InChI=1S/C15H16N2O4/c1-3-9-16-14(19)11-7-5-6-8-12(11)17(15(16)20)10-13(18)21-4-2/h3,5-8H,1,4,9-10H2,2H3. The molecule has 0 atom stereocenters. The van der Waals surface area contributed by atoms with Gasteiger partial charge in [0.2, 0.25) is 0 Å². The van der Waals surface area contributed by atoms with E-state index >= 15 is 0 Å². The Balaban J connectivity index is 2.72. The van der Waals surface area contributed by atoms with Gasteiger partial charge in [-0.15, -0.1) is 6.58 Å². The number of ether oxygens (including phenoxy) is 1. The molecule has 0 aliphatic heterocycles. The number of nitrogens with zero attached hydrogens (tertiary/aromatic N) is 2. The monoisotopic (exact) mass is 288 g/mol. The fourth-order valence-electron chi connectivity index (χ4n) is 2.15. The van der Waals surface area contributed by atoms with Crippen molar-refractivity contribution in [3.05, 3.63) is 57.8 Å². The average molecular weight is 288 g/mol. The van der Waals surface area contributed by atoms with Crippen LogP contribution in [-0.4, -0.2) is 21.7 Å². The molecule has 1 aromatic heterocycles. The van der Waals surface area contributed by atoms with Gasteiger partial charge in [0.25, 0.3) is 5.56 Å². The lowest BCUT2D eigenvalue weighted by molar-refractivity contribution is -0.143. The predicted octanol–water partition coefficient (Wildman–Crippen LogP) is 0.912. The van der Waals surface area contributed by atoms with Crippen LogP contribution in [0.15, 0.2) is 46.5 Å². The zero-order valence-electron chi connectivity index (χ0n) is 11.7. The molecule has 21 heavy (non-hydrogen) atoms. The highest BCUT2D eigenvalue weighted by molar-refractivity contribution is 5.79. The van der Waals surface area contributed by atoms with Crippen molar-refractivity contribution >= 4 is 16.9 Å². The largest absolute Gasteiger partial charge is 0.465 e. The number of hydrogen-bond acceptors (Lipinski definition) is 4. The van der Waals surface area contributed by atoms with E-state index in [1.54, 1.807) is 31.2 Å². The Bertz CT molecular complexity index is 801. The van der Waals surface area contributed by atoms with Gasteiger partial charge >= 0.3 is 11.7 Å². The van der Waals surface area contributed by atoms with Gasteiger partial charge in [-0.25, -0.2) is 4.79 Å². The van der Waals surface area contributed by atoms with Crippen LogP contribution in [0.5, 0.6) is 0 Å². The van der Waals surface area contributed by atoms with Crippen molar-refractivity contribution in [1.29, 1.82) is 0 Å². The third-order valence-corrected chi connectivity index (χ3v) is 3.04. The van der Waals surface area contributed by atoms with Crippen LogP contribution in [0.25, 0.3) is 10.9 Å². The first-order valence-electron chi connectivity index (χ1n) is 6.59. The van der Waals surface area contributed by atoms with Gasteiger partial charge in [0.1, 0.15) is 6.54 Å². The highest BCUT2D eigenvalue weighted by atomic mass is 16.5. The maximum absolute atomic E-state index is 12.4. The van der Waals surface area contributed by atoms with Crippen LogP contribution in [0.4, 0.5) is 0 Å². The molecular weight excluding hydrogens is 272 g/mol. The topological polar surface area (TPSA) is 70.3 Å². The highest BCUT2D eigenvalue weighted by Gasteiger charge is 2.14. The fourth-order valence-corrected chi connectivity index (χ4v) is 2.15. The van der Waals surface area contributed by atoms with E-state index in [0.717, 1.165) is 4.57 Å². The van der Waals surface area contributed by atoms with Crippen LogP contribution in [0, 0.1) is 0 Å². The van der Waals surface area contributed by atoms with E-state index < -0.39 is 17.2 Å². The number of para-hydroxylation sites is 1. The first-order chi connectivity index (χ1) is 10.1. The molecule has 0 radical (unpaired) electrons. The second-order valence-electron chi connectivity index (χ2n) is 4.40. The molecule has 0 aliphatic rings. The molecule has 0 unspecified atom stereocenters. The number of fused-ring (bicyclic) bond motifs is 1. The zero-order chi connectivity index (χ0) is 15.4. The number of hydrogen-bond donors (Lipinski definition) is 0. The molecule has 0 amide bonds. The number of aromatic nitrogens is 2. The Morgan fingerprint density at radius 1 is 1.29 bits per heavy atom. The Morgan fingerprint density at radius 2 is 2.00 bits per heavy atom. The van der Waals surface area contributed by atoms with Crippen molar-refractivity contribution in [2.75, 3.05) is 6.61 Å². The molecule has 0 N–H and O–H groups in total. The number of carbonyl (C=O) groups is 1. The number of rotatable bonds is 5. The summed E-state index contributed by atoms with van der Waals surface area (Å²) in [5.41, 5.74) is -0.525. The van der Waals surface area contributed by atoms with Gasteiger partial charge in [-0.05, 0) is 19.1 Å². The molecule has 6 heteroatoms. The van der Waals surface area contributed by atoms with Crippen LogP contribution in [0.3, 0.4) is 0 Å². The van der Waals surface area contributed by atoms with Gasteiger partial charge in [0.15, 0.2) is 0 Å². The molecule has 0 spiro atoms. The minimum absolute atomic E-state index is 0.0886. The molecule has 2 rings (SSSR count). The van der Waals surface area contributed by atoms with Crippen molar-refractivity contribution in [3.8, 4) is 0 Å². The Hall–Kier alpha value is -2.63. The van der Waals surface area contributed by atoms with E-state index in [4.69, 9.17) is 4.74 Å². The summed E-state index contributed by atoms with van der Waals surface area (Å²) >= 11 is 0. The lowest BCUT2D eigenvalue weighted by Gasteiger charge is -2.12. The van der Waals surface area contributed by atoms with Gasteiger partial charge in [-0.2, -0.15) is 0 Å². The molecule has 0 bridgehead atoms. The van der Waals surface area contributed by atoms with Gasteiger partial charge < -0.3 is 4.74 Å². The zero-order valence-corrected chi connectivity index (χ0v) is 11.7. The van der Waals surface area contributed by atoms with Gasteiger partial charge in [0, 0.05) is 6.54 Å². The Morgan fingerprint density at radius 3 is 2.67 bits per heavy atom. The first-order valence-corrected chi connectivity index (χ1v) is 6.59. The van der Waals surface area contributed by atoms with Crippen LogP contribution < -0.4 is 11.2 Å². The second-order valence-corrected chi connectivity index (χ2v) is 4.40. The molecule has 2 aromatic rings. The summed E-state index contributed by atoms with van der Waals surface area (Å²) in [4.78, 5) is 36.4. The summed E-state index contributed by atoms with van der Waals surface area (Å²) < 4.78 is 7.17. The van der Waals surface area contributed by atoms with Gasteiger partial charge in [-0.3, -0.25) is 18.7 Å². The lowest BCUT2D eigenvalue weighted by atomic mass is 10.2. The smallest absolute Gasteiger partial charge is 0.332 e. The van der Waals surface area contributed by atoms with Crippen molar-refractivity contribution in [1.82, 2.24) is 9.13 Å². The van der Waals surface area contributed by atoms with Crippen molar-refractivity contribution in [2.45, 2.75) is 20.0 Å². The van der Waals surface area contributed by atoms with E-state index in [2.05, 4.69) is 6.58 Å². The van der Waals surface area contributed by atoms with Crippen LogP contribution in [0.1, 0.15) is 6.92 Å². The van der Waals surface area contributed by atoms with Crippen molar-refractivity contribution in [2.24, 2.45) is 0 Å². The number of benzene rings is 1. The lowest BCUT2D eigenvalue weighted by Crippen LogP contribution is -2.41. The van der Waals surface area contributed by atoms with E-state index in [-0.39, 0.29) is 19.7 Å². The molecule has 1 heterocycles. The predicted molar refractivity (Wildman–Crippen MR) is 79.3 cm³/mol. The van der Waals surface area contributed by atoms with E-state index in [1.165, 1.54) is 10.6 Å². The van der Waals surface area contributed by atoms with E-state index in [1.807, 2.05) is 0 Å². The summed E-state index contributed by atoms with van der Waals surface area (Å²) in [5, 5.41) is 0.378. The fraction of sp³-hybridized carbons (Fsp3) is 0.267. The normalized spacial score (nSPS) is 10.5. The maximum Gasteiger partial charge on any atom is 0.332 e. The van der Waals surface area contributed by atoms with Crippen molar-refractivity contribution in [3.63, 3.8) is 0 Å². The summed E-state index contributed by atoms with van der Waals surface area (Å²) in [6, 6.07) is 6.68. The second kappa shape index (κ2) is 6.21. The molecule has 110 valence electrons. The van der Waals surface area contributed by atoms with Crippen LogP contribution in [-0.2, 0) is 22.6 Å². The Kier molecular flexibility index (Phi) is 4.37.